The number of Topliss-reactive ketones (excluding diaryl/α,β-unsaturated/α-hetero) is 1. The van der Waals surface area contributed by atoms with E-state index < -0.39 is 10.0 Å². The number of hydrogen-bond acceptors (Lipinski definition) is 4. The van der Waals surface area contributed by atoms with E-state index in [1.807, 2.05) is 13.8 Å². The largest absolute Gasteiger partial charge is 0.367 e. The molecule has 0 spiro atoms. The molecule has 0 amide bonds. The summed E-state index contributed by atoms with van der Waals surface area (Å²) in [6.07, 6.45) is 1.95. The minimum Gasteiger partial charge on any atom is -0.367 e. The zero-order chi connectivity index (χ0) is 15.5. The predicted octanol–water partition coefficient (Wildman–Crippen LogP) is 2.59. The Labute approximate surface area is 125 Å². The maximum atomic E-state index is 12.2. The number of hydrogen-bond donors (Lipinski definition) is 1. The molecule has 2 atom stereocenters. The molecule has 2 unspecified atom stereocenters. The maximum Gasteiger partial charge on any atom is 0.232 e. The van der Waals surface area contributed by atoms with Crippen LogP contribution in [0.5, 0.6) is 0 Å². The van der Waals surface area contributed by atoms with Crippen molar-refractivity contribution in [3.63, 3.8) is 0 Å². The van der Waals surface area contributed by atoms with Crippen LogP contribution in [-0.2, 0) is 14.8 Å². The minimum absolute atomic E-state index is 0.0395. The third kappa shape index (κ3) is 4.28. The van der Waals surface area contributed by atoms with Crippen LogP contribution in [-0.4, -0.2) is 32.2 Å². The van der Waals surface area contributed by atoms with Gasteiger partial charge in [0.1, 0.15) is 6.10 Å². The first-order chi connectivity index (χ1) is 9.91. The third-order valence-corrected chi connectivity index (χ3v) is 4.93. The number of carbonyl (C=O) groups excluding carboxylic acids is 1. The molecule has 1 aromatic rings. The molecule has 21 heavy (non-hydrogen) atoms. The highest BCUT2D eigenvalue weighted by Crippen LogP contribution is 2.23. The van der Waals surface area contributed by atoms with E-state index in [1.165, 1.54) is 0 Å². The predicted molar refractivity (Wildman–Crippen MR) is 82.0 cm³/mol. The number of ketones is 1. The Bertz CT molecular complexity index is 595. The van der Waals surface area contributed by atoms with E-state index in [2.05, 4.69) is 4.72 Å². The lowest BCUT2D eigenvalue weighted by molar-refractivity contribution is 0.0433. The summed E-state index contributed by atoms with van der Waals surface area (Å²) in [6.45, 7) is 3.77. The van der Waals surface area contributed by atoms with Crippen molar-refractivity contribution in [2.45, 2.75) is 45.3 Å². The SMILES string of the molecule is CCCS(=O)(=O)Nc1ccc(C(=O)C2CCC(C)O2)cc1. The number of ether oxygens (including phenoxy) is 1. The number of carbonyl (C=O) groups is 1. The summed E-state index contributed by atoms with van der Waals surface area (Å²) in [5.41, 5.74) is 1.02. The number of rotatable bonds is 6. The molecule has 1 N–H and O–H groups in total. The van der Waals surface area contributed by atoms with Crippen molar-refractivity contribution in [3.05, 3.63) is 29.8 Å². The van der Waals surface area contributed by atoms with Crippen LogP contribution in [0.2, 0.25) is 0 Å². The van der Waals surface area contributed by atoms with Gasteiger partial charge < -0.3 is 4.74 Å². The lowest BCUT2D eigenvalue weighted by Crippen LogP contribution is -2.21. The van der Waals surface area contributed by atoms with Gasteiger partial charge in [-0.2, -0.15) is 0 Å². The molecule has 1 saturated heterocycles. The molecule has 0 bridgehead atoms. The quantitative estimate of drug-likeness (QED) is 0.820. The summed E-state index contributed by atoms with van der Waals surface area (Å²) in [4.78, 5) is 12.2. The Kier molecular flexibility index (Phi) is 5.00. The second kappa shape index (κ2) is 6.58. The van der Waals surface area contributed by atoms with Crippen molar-refractivity contribution in [2.75, 3.05) is 10.5 Å². The molecule has 6 heteroatoms. The van der Waals surface area contributed by atoms with E-state index in [4.69, 9.17) is 4.74 Å². The Morgan fingerprint density at radius 3 is 2.48 bits per heavy atom. The van der Waals surface area contributed by atoms with Gasteiger partial charge in [0.25, 0.3) is 0 Å². The van der Waals surface area contributed by atoms with E-state index >= 15 is 0 Å². The Balaban J connectivity index is 2.03. The van der Waals surface area contributed by atoms with E-state index in [1.54, 1.807) is 24.3 Å². The summed E-state index contributed by atoms with van der Waals surface area (Å²) >= 11 is 0. The molecule has 1 aliphatic rings. The molecule has 0 aliphatic carbocycles. The molecule has 2 rings (SSSR count). The van der Waals surface area contributed by atoms with Crippen molar-refractivity contribution < 1.29 is 17.9 Å². The fourth-order valence-electron chi connectivity index (χ4n) is 2.38. The third-order valence-electron chi connectivity index (χ3n) is 3.44. The molecule has 116 valence electrons. The Morgan fingerprint density at radius 1 is 1.29 bits per heavy atom. The van der Waals surface area contributed by atoms with Gasteiger partial charge in [-0.25, -0.2) is 8.42 Å². The number of nitrogens with one attached hydrogen (secondary N) is 1. The molecule has 0 radical (unpaired) electrons. The lowest BCUT2D eigenvalue weighted by atomic mass is 10.0. The summed E-state index contributed by atoms with van der Waals surface area (Å²) in [5, 5.41) is 0. The molecular formula is C15H21NO4S. The maximum absolute atomic E-state index is 12.2. The Hall–Kier alpha value is -1.40. The molecule has 0 saturated carbocycles. The van der Waals surface area contributed by atoms with E-state index in [0.717, 1.165) is 12.8 Å². The molecule has 1 fully saturated rings. The van der Waals surface area contributed by atoms with Gasteiger partial charge in [0.05, 0.1) is 11.9 Å². The summed E-state index contributed by atoms with van der Waals surface area (Å²) in [5.74, 6) is 0.0453. The van der Waals surface area contributed by atoms with Gasteiger partial charge in [0.2, 0.25) is 10.0 Å². The van der Waals surface area contributed by atoms with Gasteiger partial charge in [0.15, 0.2) is 5.78 Å². The molecule has 5 nitrogen and oxygen atoms in total. The van der Waals surface area contributed by atoms with Crippen molar-refractivity contribution in [1.29, 1.82) is 0 Å². The smallest absolute Gasteiger partial charge is 0.232 e. The zero-order valence-corrected chi connectivity index (χ0v) is 13.2. The van der Waals surface area contributed by atoms with Crippen LogP contribution in [0.4, 0.5) is 5.69 Å². The topological polar surface area (TPSA) is 72.5 Å². The fourth-order valence-corrected chi connectivity index (χ4v) is 3.52. The number of benzene rings is 1. The highest BCUT2D eigenvalue weighted by Gasteiger charge is 2.28. The van der Waals surface area contributed by atoms with Crippen LogP contribution in [0.25, 0.3) is 0 Å². The molecular weight excluding hydrogens is 290 g/mol. The van der Waals surface area contributed by atoms with Gasteiger partial charge in [-0.15, -0.1) is 0 Å². The van der Waals surface area contributed by atoms with Gasteiger partial charge in [-0.3, -0.25) is 9.52 Å². The second-order valence-electron chi connectivity index (χ2n) is 5.38. The Morgan fingerprint density at radius 2 is 1.95 bits per heavy atom. The number of sulfonamides is 1. The highest BCUT2D eigenvalue weighted by atomic mass is 32.2. The summed E-state index contributed by atoms with van der Waals surface area (Å²) in [6, 6.07) is 6.49. The second-order valence-corrected chi connectivity index (χ2v) is 7.22. The average molecular weight is 311 g/mol. The summed E-state index contributed by atoms with van der Waals surface area (Å²) < 4.78 is 31.4. The van der Waals surface area contributed by atoms with Crippen molar-refractivity contribution in [3.8, 4) is 0 Å². The lowest BCUT2D eigenvalue weighted by Gasteiger charge is -2.11. The molecule has 1 aliphatic heterocycles. The van der Waals surface area contributed by atoms with Gasteiger partial charge >= 0.3 is 0 Å². The van der Waals surface area contributed by atoms with Crippen LogP contribution in [0.1, 0.15) is 43.5 Å². The number of anilines is 1. The van der Waals surface area contributed by atoms with Gasteiger partial charge in [-0.05, 0) is 50.5 Å². The average Bonchev–Trinajstić information content (AvgIpc) is 2.85. The first-order valence-electron chi connectivity index (χ1n) is 7.21. The summed E-state index contributed by atoms with van der Waals surface area (Å²) in [7, 11) is -3.30. The monoisotopic (exact) mass is 311 g/mol. The zero-order valence-electron chi connectivity index (χ0n) is 12.3. The first-order valence-corrected chi connectivity index (χ1v) is 8.86. The van der Waals surface area contributed by atoms with Crippen molar-refractivity contribution >= 4 is 21.5 Å². The fraction of sp³-hybridized carbons (Fsp3) is 0.533. The normalized spacial score (nSPS) is 22.2. The first kappa shape index (κ1) is 16.0. The van der Waals surface area contributed by atoms with Crippen LogP contribution in [0, 0.1) is 0 Å². The van der Waals surface area contributed by atoms with Crippen molar-refractivity contribution in [1.82, 2.24) is 0 Å². The standard InChI is InChI=1S/C15H21NO4S/c1-3-10-21(18,19)16-13-7-5-12(6-8-13)15(17)14-9-4-11(2)20-14/h5-8,11,14,16H,3-4,9-10H2,1-2H3. The van der Waals surface area contributed by atoms with Crippen LogP contribution < -0.4 is 4.72 Å². The van der Waals surface area contributed by atoms with Gasteiger partial charge in [0, 0.05) is 11.3 Å². The molecule has 1 heterocycles. The van der Waals surface area contributed by atoms with E-state index in [0.29, 0.717) is 17.7 Å². The van der Waals surface area contributed by atoms with Crippen LogP contribution >= 0.6 is 0 Å². The minimum atomic E-state index is -3.30. The molecule has 1 aromatic carbocycles. The van der Waals surface area contributed by atoms with E-state index in [9.17, 15) is 13.2 Å². The van der Waals surface area contributed by atoms with E-state index in [-0.39, 0.29) is 23.7 Å². The van der Waals surface area contributed by atoms with Crippen LogP contribution in [0.3, 0.4) is 0 Å². The van der Waals surface area contributed by atoms with Gasteiger partial charge in [-0.1, -0.05) is 6.92 Å². The highest BCUT2D eigenvalue weighted by molar-refractivity contribution is 7.92. The van der Waals surface area contributed by atoms with Crippen LogP contribution in [0.15, 0.2) is 24.3 Å². The molecule has 0 aromatic heterocycles. The van der Waals surface area contributed by atoms with Crippen molar-refractivity contribution in [2.24, 2.45) is 0 Å².